The number of carbonyl (C=O) groups excluding carboxylic acids is 2. The van der Waals surface area contributed by atoms with E-state index in [4.69, 9.17) is 4.74 Å². The Morgan fingerprint density at radius 2 is 1.63 bits per heavy atom. The summed E-state index contributed by atoms with van der Waals surface area (Å²) in [5.74, 6) is -6.00. The SMILES string of the molecule is CCOC(=O)[C@H](Cc1ccccc1)NNC(=O)C(F)(F)c1cccc2ccccc12. The molecule has 1 atom stereocenters. The number of benzene rings is 3. The van der Waals surface area contributed by atoms with Gasteiger partial charge in [0, 0.05) is 12.0 Å². The molecule has 156 valence electrons. The van der Waals surface area contributed by atoms with Crippen LogP contribution in [-0.4, -0.2) is 24.5 Å². The van der Waals surface area contributed by atoms with E-state index >= 15 is 0 Å². The Balaban J connectivity index is 1.77. The average Bonchev–Trinajstić information content (AvgIpc) is 2.76. The third kappa shape index (κ3) is 4.80. The van der Waals surface area contributed by atoms with Gasteiger partial charge in [0.1, 0.15) is 6.04 Å². The van der Waals surface area contributed by atoms with Gasteiger partial charge in [0.05, 0.1) is 6.61 Å². The smallest absolute Gasteiger partial charge is 0.351 e. The zero-order valence-corrected chi connectivity index (χ0v) is 16.4. The molecule has 0 aromatic heterocycles. The van der Waals surface area contributed by atoms with Crippen LogP contribution in [0.25, 0.3) is 10.8 Å². The van der Waals surface area contributed by atoms with Crippen molar-refractivity contribution in [1.82, 2.24) is 10.9 Å². The van der Waals surface area contributed by atoms with E-state index in [1.54, 1.807) is 55.5 Å². The molecule has 0 aliphatic heterocycles. The number of rotatable bonds is 8. The van der Waals surface area contributed by atoms with E-state index in [0.717, 1.165) is 5.56 Å². The molecule has 0 fully saturated rings. The predicted molar refractivity (Wildman–Crippen MR) is 110 cm³/mol. The molecule has 0 aliphatic carbocycles. The Hall–Kier alpha value is -3.32. The molecule has 1 amide bonds. The average molecular weight is 412 g/mol. The van der Waals surface area contributed by atoms with Crippen molar-refractivity contribution in [1.29, 1.82) is 0 Å². The molecule has 3 rings (SSSR count). The summed E-state index contributed by atoms with van der Waals surface area (Å²) in [5, 5.41) is 0.885. The summed E-state index contributed by atoms with van der Waals surface area (Å²) in [6.45, 7) is 1.77. The minimum atomic E-state index is -3.81. The van der Waals surface area contributed by atoms with Crippen LogP contribution in [0.3, 0.4) is 0 Å². The normalized spacial score (nSPS) is 12.4. The molecule has 30 heavy (non-hydrogen) atoms. The zero-order chi connectivity index (χ0) is 21.6. The summed E-state index contributed by atoms with van der Waals surface area (Å²) < 4.78 is 34.9. The Labute approximate surface area is 173 Å². The number of hydrogen-bond donors (Lipinski definition) is 2. The van der Waals surface area contributed by atoms with Crippen molar-refractivity contribution in [2.45, 2.75) is 25.3 Å². The van der Waals surface area contributed by atoms with Crippen LogP contribution >= 0.6 is 0 Å². The van der Waals surface area contributed by atoms with E-state index in [-0.39, 0.29) is 18.4 Å². The van der Waals surface area contributed by atoms with E-state index in [1.165, 1.54) is 18.2 Å². The lowest BCUT2D eigenvalue weighted by Crippen LogP contribution is -2.53. The van der Waals surface area contributed by atoms with Crippen LogP contribution in [0, 0.1) is 0 Å². The minimum Gasteiger partial charge on any atom is -0.465 e. The van der Waals surface area contributed by atoms with Crippen molar-refractivity contribution in [3.63, 3.8) is 0 Å². The van der Waals surface area contributed by atoms with Gasteiger partial charge in [-0.1, -0.05) is 72.8 Å². The van der Waals surface area contributed by atoms with Gasteiger partial charge in [0.25, 0.3) is 0 Å². The lowest BCUT2D eigenvalue weighted by Gasteiger charge is -2.22. The third-order valence-electron chi connectivity index (χ3n) is 4.63. The highest BCUT2D eigenvalue weighted by Gasteiger charge is 2.42. The molecular weight excluding hydrogens is 390 g/mol. The maximum Gasteiger partial charge on any atom is 0.351 e. The molecule has 0 radical (unpaired) electrons. The quantitative estimate of drug-likeness (QED) is 0.437. The molecule has 3 aromatic carbocycles. The summed E-state index contributed by atoms with van der Waals surface area (Å²) >= 11 is 0. The molecule has 0 bridgehead atoms. The van der Waals surface area contributed by atoms with Crippen LogP contribution in [0.1, 0.15) is 18.1 Å². The van der Waals surface area contributed by atoms with Gasteiger partial charge < -0.3 is 4.74 Å². The second kappa shape index (κ2) is 9.45. The molecule has 7 heteroatoms. The van der Waals surface area contributed by atoms with E-state index in [0.29, 0.717) is 5.39 Å². The highest BCUT2D eigenvalue weighted by Crippen LogP contribution is 2.33. The molecule has 3 aromatic rings. The number of fused-ring (bicyclic) bond motifs is 1. The topological polar surface area (TPSA) is 67.4 Å². The largest absolute Gasteiger partial charge is 0.465 e. The lowest BCUT2D eigenvalue weighted by molar-refractivity contribution is -0.150. The number of hydrogen-bond acceptors (Lipinski definition) is 4. The summed E-state index contributed by atoms with van der Waals surface area (Å²) in [4.78, 5) is 24.6. The van der Waals surface area contributed by atoms with Crippen LogP contribution < -0.4 is 10.9 Å². The van der Waals surface area contributed by atoms with Gasteiger partial charge in [-0.2, -0.15) is 8.78 Å². The minimum absolute atomic E-state index is 0.131. The van der Waals surface area contributed by atoms with Gasteiger partial charge in [-0.15, -0.1) is 0 Å². The standard InChI is InChI=1S/C23H22F2N2O3/c1-2-30-21(28)20(15-16-9-4-3-5-10-16)26-27-22(29)23(24,25)19-14-8-12-17-11-6-7-13-18(17)19/h3-14,20,26H,2,15H2,1H3,(H,27,29)/t20-/m0/s1. The third-order valence-corrected chi connectivity index (χ3v) is 4.63. The van der Waals surface area contributed by atoms with Crippen LogP contribution in [0.5, 0.6) is 0 Å². The van der Waals surface area contributed by atoms with E-state index in [2.05, 4.69) is 5.43 Å². The molecule has 0 unspecified atom stereocenters. The van der Waals surface area contributed by atoms with Crippen LogP contribution in [0.15, 0.2) is 72.8 Å². The first kappa shape index (κ1) is 21.4. The summed E-state index contributed by atoms with van der Waals surface area (Å²) in [7, 11) is 0. The number of carbonyl (C=O) groups is 2. The summed E-state index contributed by atoms with van der Waals surface area (Å²) in [6, 6.07) is 19.0. The highest BCUT2D eigenvalue weighted by molar-refractivity contribution is 5.93. The summed E-state index contributed by atoms with van der Waals surface area (Å²) in [6.07, 6.45) is 0.166. The molecule has 5 nitrogen and oxygen atoms in total. The molecule has 0 spiro atoms. The fourth-order valence-electron chi connectivity index (χ4n) is 3.14. The van der Waals surface area contributed by atoms with Crippen molar-refractivity contribution < 1.29 is 23.1 Å². The number of esters is 1. The zero-order valence-electron chi connectivity index (χ0n) is 16.4. The van der Waals surface area contributed by atoms with Gasteiger partial charge in [-0.05, 0) is 23.3 Å². The first-order chi connectivity index (χ1) is 14.4. The Bertz CT molecular complexity index is 1020. The predicted octanol–water partition coefficient (Wildman–Crippen LogP) is 3.73. The maximum absolute atomic E-state index is 14.9. The second-order valence-electron chi connectivity index (χ2n) is 6.69. The van der Waals surface area contributed by atoms with Crippen molar-refractivity contribution in [3.05, 3.63) is 83.9 Å². The van der Waals surface area contributed by atoms with Crippen LogP contribution in [0.2, 0.25) is 0 Å². The van der Waals surface area contributed by atoms with Crippen LogP contribution in [0.4, 0.5) is 8.78 Å². The monoisotopic (exact) mass is 412 g/mol. The van der Waals surface area contributed by atoms with Crippen molar-refractivity contribution in [2.75, 3.05) is 6.61 Å². The van der Waals surface area contributed by atoms with Gasteiger partial charge >= 0.3 is 17.8 Å². The van der Waals surface area contributed by atoms with Gasteiger partial charge in [-0.25, -0.2) is 5.43 Å². The number of nitrogens with one attached hydrogen (secondary N) is 2. The number of amides is 1. The summed E-state index contributed by atoms with van der Waals surface area (Å²) in [5.41, 5.74) is 4.81. The lowest BCUT2D eigenvalue weighted by atomic mass is 9.99. The number of ether oxygens (including phenoxy) is 1. The Morgan fingerprint density at radius 1 is 0.967 bits per heavy atom. The maximum atomic E-state index is 14.9. The number of halogens is 2. The first-order valence-electron chi connectivity index (χ1n) is 9.56. The van der Waals surface area contributed by atoms with Crippen molar-refractivity contribution in [3.8, 4) is 0 Å². The number of hydrazine groups is 1. The van der Waals surface area contributed by atoms with E-state index in [1.807, 2.05) is 11.5 Å². The van der Waals surface area contributed by atoms with Gasteiger partial charge in [-0.3, -0.25) is 15.0 Å². The molecule has 2 N–H and O–H groups in total. The van der Waals surface area contributed by atoms with Gasteiger partial charge in [0.2, 0.25) is 0 Å². The fourth-order valence-corrected chi connectivity index (χ4v) is 3.14. The van der Waals surface area contributed by atoms with Crippen LogP contribution in [-0.2, 0) is 26.7 Å². The van der Waals surface area contributed by atoms with E-state index in [9.17, 15) is 18.4 Å². The molecule has 0 heterocycles. The fraction of sp³-hybridized carbons (Fsp3) is 0.217. The molecule has 0 saturated carbocycles. The number of alkyl halides is 2. The molecule has 0 aliphatic rings. The Kier molecular flexibility index (Phi) is 6.74. The first-order valence-corrected chi connectivity index (χ1v) is 9.56. The van der Waals surface area contributed by atoms with Crippen molar-refractivity contribution >= 4 is 22.6 Å². The van der Waals surface area contributed by atoms with Gasteiger partial charge in [0.15, 0.2) is 0 Å². The highest BCUT2D eigenvalue weighted by atomic mass is 19.3. The van der Waals surface area contributed by atoms with Crippen molar-refractivity contribution in [2.24, 2.45) is 0 Å². The molecular formula is C23H22F2N2O3. The van der Waals surface area contributed by atoms with E-state index < -0.39 is 29.4 Å². The molecule has 0 saturated heterocycles. The Morgan fingerprint density at radius 3 is 2.37 bits per heavy atom. The second-order valence-corrected chi connectivity index (χ2v) is 6.69.